The first-order valence-corrected chi connectivity index (χ1v) is 5.18. The van der Waals surface area contributed by atoms with Gasteiger partial charge in [-0.1, -0.05) is 6.07 Å². The summed E-state index contributed by atoms with van der Waals surface area (Å²) in [5.41, 5.74) is 6.89. The molecule has 0 amide bonds. The molecule has 0 fully saturated rings. The van der Waals surface area contributed by atoms with Crippen LogP contribution < -0.4 is 10.5 Å². The molecule has 0 aliphatic heterocycles. The number of methoxy groups -OCH3 is 1. The highest BCUT2D eigenvalue weighted by Crippen LogP contribution is 2.44. The molecular formula is C12H16FNO. The minimum Gasteiger partial charge on any atom is -0.496 e. The van der Waals surface area contributed by atoms with Crippen LogP contribution in [0.4, 0.5) is 4.39 Å². The van der Waals surface area contributed by atoms with Crippen molar-refractivity contribution < 1.29 is 9.13 Å². The van der Waals surface area contributed by atoms with Crippen LogP contribution in [0.5, 0.6) is 5.75 Å². The van der Waals surface area contributed by atoms with Gasteiger partial charge in [-0.15, -0.1) is 0 Å². The Kier molecular flexibility index (Phi) is 2.43. The first kappa shape index (κ1) is 10.4. The van der Waals surface area contributed by atoms with Crippen molar-refractivity contribution in [1.82, 2.24) is 0 Å². The molecule has 15 heavy (non-hydrogen) atoms. The van der Waals surface area contributed by atoms with E-state index in [-0.39, 0.29) is 6.54 Å². The maximum absolute atomic E-state index is 14.4. The van der Waals surface area contributed by atoms with Crippen LogP contribution in [-0.4, -0.2) is 13.7 Å². The minimum atomic E-state index is -1.35. The van der Waals surface area contributed by atoms with E-state index < -0.39 is 5.67 Å². The third kappa shape index (κ3) is 1.42. The molecule has 1 unspecified atom stereocenters. The van der Waals surface area contributed by atoms with Gasteiger partial charge in [0, 0.05) is 17.7 Å². The number of fused-ring (bicyclic) bond motifs is 1. The van der Waals surface area contributed by atoms with Crippen LogP contribution >= 0.6 is 0 Å². The number of ether oxygens (including phenoxy) is 1. The fourth-order valence-electron chi connectivity index (χ4n) is 2.46. The molecule has 1 aromatic rings. The normalized spacial score (nSPS) is 24.0. The van der Waals surface area contributed by atoms with Crippen LogP contribution in [0.1, 0.15) is 23.1 Å². The van der Waals surface area contributed by atoms with Crippen LogP contribution in [0.3, 0.4) is 0 Å². The second-order valence-corrected chi connectivity index (χ2v) is 4.11. The summed E-state index contributed by atoms with van der Waals surface area (Å²) in [5, 5.41) is 0. The first-order chi connectivity index (χ1) is 7.12. The van der Waals surface area contributed by atoms with Crippen molar-refractivity contribution in [2.45, 2.75) is 25.4 Å². The zero-order valence-corrected chi connectivity index (χ0v) is 9.14. The molecule has 0 spiro atoms. The highest BCUT2D eigenvalue weighted by atomic mass is 19.1. The standard InChI is InChI=1S/C12H16FNO/c1-8-3-4-10(15-2)9-5-6-12(13,7-14)11(8)9/h3-4H,5-7,14H2,1-2H3. The second-order valence-electron chi connectivity index (χ2n) is 4.11. The molecule has 0 heterocycles. The third-order valence-electron chi connectivity index (χ3n) is 3.24. The van der Waals surface area contributed by atoms with Crippen LogP contribution in [0.2, 0.25) is 0 Å². The van der Waals surface area contributed by atoms with Crippen molar-refractivity contribution in [1.29, 1.82) is 0 Å². The third-order valence-corrected chi connectivity index (χ3v) is 3.24. The van der Waals surface area contributed by atoms with E-state index in [0.29, 0.717) is 12.8 Å². The molecule has 1 aliphatic rings. The zero-order chi connectivity index (χ0) is 11.1. The lowest BCUT2D eigenvalue weighted by Crippen LogP contribution is -2.28. The molecule has 1 aromatic carbocycles. The Morgan fingerprint density at radius 3 is 2.87 bits per heavy atom. The van der Waals surface area contributed by atoms with Gasteiger partial charge in [0.15, 0.2) is 0 Å². The smallest absolute Gasteiger partial charge is 0.149 e. The van der Waals surface area contributed by atoms with Gasteiger partial charge in [0.1, 0.15) is 11.4 Å². The summed E-state index contributed by atoms with van der Waals surface area (Å²) in [6.45, 7) is 1.97. The van der Waals surface area contributed by atoms with Crippen molar-refractivity contribution in [2.24, 2.45) is 5.73 Å². The van der Waals surface area contributed by atoms with Crippen LogP contribution in [-0.2, 0) is 12.1 Å². The van der Waals surface area contributed by atoms with Gasteiger partial charge in [0.05, 0.1) is 7.11 Å². The van der Waals surface area contributed by atoms with Crippen molar-refractivity contribution >= 4 is 0 Å². The molecule has 0 radical (unpaired) electrons. The molecule has 0 saturated heterocycles. The van der Waals surface area contributed by atoms with Crippen molar-refractivity contribution in [3.05, 3.63) is 28.8 Å². The SMILES string of the molecule is COc1ccc(C)c2c1CCC2(F)CN. The summed E-state index contributed by atoms with van der Waals surface area (Å²) in [5.74, 6) is 0.781. The van der Waals surface area contributed by atoms with Crippen molar-refractivity contribution in [2.75, 3.05) is 13.7 Å². The molecule has 1 atom stereocenters. The van der Waals surface area contributed by atoms with Gasteiger partial charge >= 0.3 is 0 Å². The van der Waals surface area contributed by atoms with E-state index in [1.165, 1.54) is 0 Å². The summed E-state index contributed by atoms with van der Waals surface area (Å²) in [4.78, 5) is 0. The number of halogens is 1. The maximum atomic E-state index is 14.4. The lowest BCUT2D eigenvalue weighted by molar-refractivity contribution is 0.176. The predicted molar refractivity (Wildman–Crippen MR) is 57.9 cm³/mol. The fraction of sp³-hybridized carbons (Fsp3) is 0.500. The van der Waals surface area contributed by atoms with Gasteiger partial charge in [-0.05, 0) is 31.4 Å². The Morgan fingerprint density at radius 1 is 1.53 bits per heavy atom. The van der Waals surface area contributed by atoms with E-state index in [2.05, 4.69) is 0 Å². The van der Waals surface area contributed by atoms with Gasteiger partial charge in [-0.3, -0.25) is 0 Å². The molecule has 2 rings (SSSR count). The Balaban J connectivity index is 2.61. The predicted octanol–water partition coefficient (Wildman–Crippen LogP) is 2.07. The van der Waals surface area contributed by atoms with E-state index in [1.54, 1.807) is 7.11 Å². The fourth-order valence-corrected chi connectivity index (χ4v) is 2.46. The summed E-state index contributed by atoms with van der Waals surface area (Å²) in [6, 6.07) is 3.80. The molecule has 2 nitrogen and oxygen atoms in total. The Labute approximate surface area is 89.2 Å². The molecular weight excluding hydrogens is 193 g/mol. The molecule has 0 bridgehead atoms. The van der Waals surface area contributed by atoms with Crippen molar-refractivity contribution in [3.8, 4) is 5.75 Å². The average molecular weight is 209 g/mol. The van der Waals surface area contributed by atoms with Crippen LogP contribution in [0.25, 0.3) is 0 Å². The Morgan fingerprint density at radius 2 is 2.27 bits per heavy atom. The van der Waals surface area contributed by atoms with Gasteiger partial charge < -0.3 is 10.5 Å². The molecule has 3 heteroatoms. The lowest BCUT2D eigenvalue weighted by Gasteiger charge is -2.21. The maximum Gasteiger partial charge on any atom is 0.149 e. The number of benzene rings is 1. The van der Waals surface area contributed by atoms with Crippen LogP contribution in [0.15, 0.2) is 12.1 Å². The minimum absolute atomic E-state index is 0.0496. The van der Waals surface area contributed by atoms with Crippen molar-refractivity contribution in [3.63, 3.8) is 0 Å². The van der Waals surface area contributed by atoms with Gasteiger partial charge in [-0.2, -0.15) is 0 Å². The molecule has 1 aliphatic carbocycles. The molecule has 2 N–H and O–H groups in total. The monoisotopic (exact) mass is 209 g/mol. The second kappa shape index (κ2) is 3.49. The number of hydrogen-bond acceptors (Lipinski definition) is 2. The van der Waals surface area contributed by atoms with Gasteiger partial charge in [0.25, 0.3) is 0 Å². The summed E-state index contributed by atoms with van der Waals surface area (Å²) >= 11 is 0. The zero-order valence-electron chi connectivity index (χ0n) is 9.14. The quantitative estimate of drug-likeness (QED) is 0.809. The summed E-state index contributed by atoms with van der Waals surface area (Å²) in [7, 11) is 1.62. The highest BCUT2D eigenvalue weighted by Gasteiger charge is 2.40. The van der Waals surface area contributed by atoms with E-state index in [1.807, 2.05) is 19.1 Å². The number of alkyl halides is 1. The van der Waals surface area contributed by atoms with E-state index in [9.17, 15) is 4.39 Å². The highest BCUT2D eigenvalue weighted by molar-refractivity contribution is 5.51. The first-order valence-electron chi connectivity index (χ1n) is 5.18. The Bertz CT molecular complexity index is 391. The molecule has 0 aromatic heterocycles. The topological polar surface area (TPSA) is 35.2 Å². The van der Waals surface area contributed by atoms with E-state index in [4.69, 9.17) is 10.5 Å². The van der Waals surface area contributed by atoms with Gasteiger partial charge in [-0.25, -0.2) is 4.39 Å². The summed E-state index contributed by atoms with van der Waals surface area (Å²) in [6.07, 6.45) is 1.19. The number of nitrogens with two attached hydrogens (primary N) is 1. The van der Waals surface area contributed by atoms with Gasteiger partial charge in [0.2, 0.25) is 0 Å². The number of rotatable bonds is 2. The van der Waals surface area contributed by atoms with Crippen LogP contribution in [0, 0.1) is 6.92 Å². The van der Waals surface area contributed by atoms with E-state index in [0.717, 1.165) is 22.4 Å². The largest absolute Gasteiger partial charge is 0.496 e. The van der Waals surface area contributed by atoms with E-state index >= 15 is 0 Å². The summed E-state index contributed by atoms with van der Waals surface area (Å²) < 4.78 is 19.7. The average Bonchev–Trinajstić information content (AvgIpc) is 2.60. The lowest BCUT2D eigenvalue weighted by atomic mass is 9.93. The molecule has 0 saturated carbocycles. The molecule has 82 valence electrons. The Hall–Kier alpha value is -1.09. The number of aryl methyl sites for hydroxylation is 1. The number of hydrogen-bond donors (Lipinski definition) is 1.